The third-order valence-corrected chi connectivity index (χ3v) is 3.89. The Hall–Kier alpha value is -1.78. The highest BCUT2D eigenvalue weighted by Crippen LogP contribution is 2.31. The molecule has 4 nitrogen and oxygen atoms in total. The first-order chi connectivity index (χ1) is 10.6. The second-order valence-corrected chi connectivity index (χ2v) is 5.51. The summed E-state index contributed by atoms with van der Waals surface area (Å²) >= 11 is 11.9. The van der Waals surface area contributed by atoms with Crippen molar-refractivity contribution >= 4 is 29.1 Å². The predicted molar refractivity (Wildman–Crippen MR) is 87.4 cm³/mol. The molecule has 0 saturated carbocycles. The van der Waals surface area contributed by atoms with Crippen molar-refractivity contribution in [1.29, 1.82) is 0 Å². The largest absolute Gasteiger partial charge is 0.491 e. The molecule has 1 aromatic heterocycles. The van der Waals surface area contributed by atoms with Gasteiger partial charge in [-0.25, -0.2) is 0 Å². The number of amides is 1. The lowest BCUT2D eigenvalue weighted by atomic mass is 10.1. The first-order valence-corrected chi connectivity index (χ1v) is 7.59. The molecule has 0 spiro atoms. The number of hydrogen-bond acceptors (Lipinski definition) is 3. The van der Waals surface area contributed by atoms with E-state index in [-0.39, 0.29) is 25.0 Å². The highest BCUT2D eigenvalue weighted by molar-refractivity contribution is 6.42. The molecular weight excluding hydrogens is 323 g/mol. The van der Waals surface area contributed by atoms with Crippen molar-refractivity contribution in [3.8, 4) is 5.75 Å². The molecule has 2 aromatic rings. The Kier molecular flexibility index (Phi) is 6.04. The van der Waals surface area contributed by atoms with Crippen LogP contribution in [0.5, 0.6) is 5.75 Å². The molecule has 6 heteroatoms. The lowest BCUT2D eigenvalue weighted by Crippen LogP contribution is -2.27. The fourth-order valence-electron chi connectivity index (χ4n) is 1.90. The lowest BCUT2D eigenvalue weighted by molar-refractivity contribution is -0.122. The summed E-state index contributed by atoms with van der Waals surface area (Å²) in [4.78, 5) is 15.9. The lowest BCUT2D eigenvalue weighted by Gasteiger charge is -2.14. The molecule has 1 amide bonds. The minimum atomic E-state index is -0.0949. The minimum absolute atomic E-state index is 0.0785. The van der Waals surface area contributed by atoms with E-state index in [2.05, 4.69) is 10.3 Å². The first-order valence-electron chi connectivity index (χ1n) is 6.84. The van der Waals surface area contributed by atoms with Crippen molar-refractivity contribution in [2.45, 2.75) is 19.4 Å². The van der Waals surface area contributed by atoms with Crippen LogP contribution < -0.4 is 10.1 Å². The summed E-state index contributed by atoms with van der Waals surface area (Å²) in [5.41, 5.74) is 1.00. The van der Waals surface area contributed by atoms with E-state index in [1.54, 1.807) is 30.6 Å². The number of nitrogens with one attached hydrogen (secondary N) is 1. The van der Waals surface area contributed by atoms with Crippen LogP contribution in [0, 0.1) is 0 Å². The quantitative estimate of drug-likeness (QED) is 0.864. The van der Waals surface area contributed by atoms with Crippen molar-refractivity contribution in [1.82, 2.24) is 10.3 Å². The van der Waals surface area contributed by atoms with Gasteiger partial charge in [-0.3, -0.25) is 9.78 Å². The maximum atomic E-state index is 11.9. The first kappa shape index (κ1) is 16.6. The summed E-state index contributed by atoms with van der Waals surface area (Å²) in [5, 5.41) is 3.68. The standard InChI is InChI=1S/C16H16Cl2N2O2/c1-11(12-5-8-19-9-6-12)20-15(21)7-10-22-14-4-2-3-13(17)16(14)18/h2-6,8-9,11H,7,10H2,1H3,(H,20,21). The number of rotatable bonds is 6. The zero-order valence-electron chi connectivity index (χ0n) is 12.1. The topological polar surface area (TPSA) is 51.2 Å². The SMILES string of the molecule is CC(NC(=O)CCOc1cccc(Cl)c1Cl)c1ccncc1. The zero-order valence-corrected chi connectivity index (χ0v) is 13.6. The average Bonchev–Trinajstić information content (AvgIpc) is 2.52. The normalized spacial score (nSPS) is 11.8. The van der Waals surface area contributed by atoms with Gasteiger partial charge in [-0.1, -0.05) is 29.3 Å². The van der Waals surface area contributed by atoms with Gasteiger partial charge in [-0.2, -0.15) is 0 Å². The Labute approximate surface area is 139 Å². The van der Waals surface area contributed by atoms with Gasteiger partial charge < -0.3 is 10.1 Å². The third kappa shape index (κ3) is 4.61. The Morgan fingerprint density at radius 3 is 2.73 bits per heavy atom. The van der Waals surface area contributed by atoms with Crippen molar-refractivity contribution in [3.05, 3.63) is 58.3 Å². The maximum absolute atomic E-state index is 11.9. The van der Waals surface area contributed by atoms with Crippen molar-refractivity contribution in [2.75, 3.05) is 6.61 Å². The second-order valence-electron chi connectivity index (χ2n) is 4.72. The molecule has 116 valence electrons. The Morgan fingerprint density at radius 1 is 1.27 bits per heavy atom. The van der Waals surface area contributed by atoms with Crippen LogP contribution >= 0.6 is 23.2 Å². The molecule has 2 rings (SSSR count). The monoisotopic (exact) mass is 338 g/mol. The summed E-state index contributed by atoms with van der Waals surface area (Å²) < 4.78 is 5.49. The summed E-state index contributed by atoms with van der Waals surface area (Å²) in [5.74, 6) is 0.381. The molecule has 0 bridgehead atoms. The van der Waals surface area contributed by atoms with E-state index in [1.807, 2.05) is 19.1 Å². The number of aromatic nitrogens is 1. The van der Waals surface area contributed by atoms with Crippen LogP contribution in [0.4, 0.5) is 0 Å². The zero-order chi connectivity index (χ0) is 15.9. The molecule has 1 N–H and O–H groups in total. The van der Waals surface area contributed by atoms with Crippen molar-refractivity contribution < 1.29 is 9.53 Å². The van der Waals surface area contributed by atoms with Gasteiger partial charge in [0.25, 0.3) is 0 Å². The summed E-state index contributed by atoms with van der Waals surface area (Å²) in [6.07, 6.45) is 3.63. The Bertz CT molecular complexity index is 635. The molecule has 0 aliphatic heterocycles. The van der Waals surface area contributed by atoms with Crippen molar-refractivity contribution in [2.24, 2.45) is 0 Å². The van der Waals surface area contributed by atoms with Crippen LogP contribution in [-0.4, -0.2) is 17.5 Å². The van der Waals surface area contributed by atoms with Crippen LogP contribution in [0.15, 0.2) is 42.7 Å². The Balaban J connectivity index is 1.80. The highest BCUT2D eigenvalue weighted by atomic mass is 35.5. The minimum Gasteiger partial charge on any atom is -0.491 e. The van der Waals surface area contributed by atoms with E-state index in [9.17, 15) is 4.79 Å². The molecule has 1 heterocycles. The molecule has 0 aliphatic carbocycles. The number of nitrogens with zero attached hydrogens (tertiary/aromatic N) is 1. The third-order valence-electron chi connectivity index (χ3n) is 3.09. The molecule has 0 saturated heterocycles. The molecule has 0 aliphatic rings. The number of carbonyl (C=O) groups is 1. The van der Waals surface area contributed by atoms with Gasteiger partial charge in [0.15, 0.2) is 0 Å². The smallest absolute Gasteiger partial charge is 0.223 e. The van der Waals surface area contributed by atoms with Crippen LogP contribution in [0.3, 0.4) is 0 Å². The van der Waals surface area contributed by atoms with E-state index < -0.39 is 0 Å². The molecule has 1 atom stereocenters. The number of benzene rings is 1. The van der Waals surface area contributed by atoms with Crippen LogP contribution in [0.25, 0.3) is 0 Å². The summed E-state index contributed by atoms with van der Waals surface area (Å²) in [7, 11) is 0. The van der Waals surface area contributed by atoms with Crippen LogP contribution in [-0.2, 0) is 4.79 Å². The second kappa shape index (κ2) is 8.01. The van der Waals surface area contributed by atoms with E-state index in [0.717, 1.165) is 5.56 Å². The fourth-order valence-corrected chi connectivity index (χ4v) is 2.24. The van der Waals surface area contributed by atoms with Crippen molar-refractivity contribution in [3.63, 3.8) is 0 Å². The number of pyridine rings is 1. The van der Waals surface area contributed by atoms with Gasteiger partial charge in [0.05, 0.1) is 24.1 Å². The number of carbonyl (C=O) groups excluding carboxylic acids is 1. The number of hydrogen-bond donors (Lipinski definition) is 1. The predicted octanol–water partition coefficient (Wildman–Crippen LogP) is 4.03. The molecule has 1 aromatic carbocycles. The van der Waals surface area contributed by atoms with Gasteiger partial charge in [0, 0.05) is 12.4 Å². The van der Waals surface area contributed by atoms with E-state index in [0.29, 0.717) is 15.8 Å². The fraction of sp³-hybridized carbons (Fsp3) is 0.250. The van der Waals surface area contributed by atoms with Gasteiger partial charge >= 0.3 is 0 Å². The number of ether oxygens (including phenoxy) is 1. The van der Waals surface area contributed by atoms with Crippen LogP contribution in [0.2, 0.25) is 10.0 Å². The summed E-state index contributed by atoms with van der Waals surface area (Å²) in [6.45, 7) is 2.15. The van der Waals surface area contributed by atoms with Crippen LogP contribution in [0.1, 0.15) is 24.9 Å². The van der Waals surface area contributed by atoms with Gasteiger partial charge in [0.2, 0.25) is 5.91 Å². The molecule has 1 unspecified atom stereocenters. The molecule has 22 heavy (non-hydrogen) atoms. The molecular formula is C16H16Cl2N2O2. The maximum Gasteiger partial charge on any atom is 0.223 e. The molecule has 0 radical (unpaired) electrons. The summed E-state index contributed by atoms with van der Waals surface area (Å²) in [6, 6.07) is 8.80. The van der Waals surface area contributed by atoms with E-state index >= 15 is 0 Å². The van der Waals surface area contributed by atoms with Gasteiger partial charge in [-0.05, 0) is 36.8 Å². The molecule has 0 fully saturated rings. The number of halogens is 2. The Morgan fingerprint density at radius 2 is 2.00 bits per heavy atom. The van der Waals surface area contributed by atoms with E-state index in [1.165, 1.54) is 0 Å². The average molecular weight is 339 g/mol. The van der Waals surface area contributed by atoms with E-state index in [4.69, 9.17) is 27.9 Å². The highest BCUT2D eigenvalue weighted by Gasteiger charge is 2.10. The van der Waals surface area contributed by atoms with Gasteiger partial charge in [-0.15, -0.1) is 0 Å². The van der Waals surface area contributed by atoms with Gasteiger partial charge in [0.1, 0.15) is 10.8 Å².